The quantitative estimate of drug-likeness (QED) is 0.742. The highest BCUT2D eigenvalue weighted by molar-refractivity contribution is 7.89. The summed E-state index contributed by atoms with van der Waals surface area (Å²) in [5, 5.41) is 3.05. The highest BCUT2D eigenvalue weighted by Gasteiger charge is 2.31. The summed E-state index contributed by atoms with van der Waals surface area (Å²) in [5.74, 6) is -0.0195. The summed E-state index contributed by atoms with van der Waals surface area (Å²) < 4.78 is 33.4. The van der Waals surface area contributed by atoms with Gasteiger partial charge in [0, 0.05) is 24.2 Å². The first-order valence-electron chi connectivity index (χ1n) is 10.4. The lowest BCUT2D eigenvalue weighted by atomic mass is 9.81. The van der Waals surface area contributed by atoms with Gasteiger partial charge in [-0.25, -0.2) is 8.42 Å². The van der Waals surface area contributed by atoms with Gasteiger partial charge in [-0.05, 0) is 56.7 Å². The maximum atomic E-state index is 13.3. The number of rotatable bonds is 6. The topological polar surface area (TPSA) is 75.7 Å². The van der Waals surface area contributed by atoms with Gasteiger partial charge in [0.05, 0.1) is 7.11 Å². The molecular weight excluding hydrogens is 388 g/mol. The van der Waals surface area contributed by atoms with Crippen molar-refractivity contribution >= 4 is 15.9 Å². The van der Waals surface area contributed by atoms with Crippen LogP contribution in [0.1, 0.15) is 77.1 Å². The van der Waals surface area contributed by atoms with Crippen molar-refractivity contribution in [3.63, 3.8) is 0 Å². The number of nitrogens with one attached hydrogen (secondary N) is 1. The molecule has 6 nitrogen and oxygen atoms in total. The van der Waals surface area contributed by atoms with Crippen LogP contribution in [0.4, 0.5) is 0 Å². The zero-order chi connectivity index (χ0) is 21.9. The molecule has 164 valence electrons. The molecule has 2 rings (SSSR count). The van der Waals surface area contributed by atoms with Crippen LogP contribution in [0.5, 0.6) is 5.75 Å². The number of hydrogen-bond donors (Lipinski definition) is 1. The Balaban J connectivity index is 2.33. The summed E-state index contributed by atoms with van der Waals surface area (Å²) >= 11 is 0. The van der Waals surface area contributed by atoms with Gasteiger partial charge in [0.1, 0.15) is 10.6 Å². The standard InChI is InChI=1S/C22H36N2O4S/c1-21(2,3)16-22(4,5)23-20(25)17-11-12-18(28-6)19(15-17)29(26,27)24-13-9-7-8-10-14-24/h11-12,15H,7-10,13-14,16H2,1-6H3,(H,23,25). The van der Waals surface area contributed by atoms with Crippen LogP contribution in [-0.4, -0.2) is 44.4 Å². The van der Waals surface area contributed by atoms with Crippen molar-refractivity contribution in [3.05, 3.63) is 23.8 Å². The Morgan fingerprint density at radius 3 is 2.17 bits per heavy atom. The minimum Gasteiger partial charge on any atom is -0.495 e. The summed E-state index contributed by atoms with van der Waals surface area (Å²) in [6.07, 6.45) is 4.56. The van der Waals surface area contributed by atoms with Crippen molar-refractivity contribution in [2.75, 3.05) is 20.2 Å². The molecule has 0 aromatic heterocycles. The maximum absolute atomic E-state index is 13.3. The smallest absolute Gasteiger partial charge is 0.251 e. The zero-order valence-electron chi connectivity index (χ0n) is 18.7. The van der Waals surface area contributed by atoms with E-state index in [9.17, 15) is 13.2 Å². The minimum absolute atomic E-state index is 0.0535. The highest BCUT2D eigenvalue weighted by Crippen LogP contribution is 2.30. The van der Waals surface area contributed by atoms with Crippen LogP contribution in [0.2, 0.25) is 0 Å². The minimum atomic E-state index is -3.73. The van der Waals surface area contributed by atoms with Crippen molar-refractivity contribution in [1.29, 1.82) is 0 Å². The van der Waals surface area contributed by atoms with Crippen LogP contribution < -0.4 is 10.1 Å². The van der Waals surface area contributed by atoms with E-state index in [0.717, 1.165) is 32.1 Å². The highest BCUT2D eigenvalue weighted by atomic mass is 32.2. The van der Waals surface area contributed by atoms with E-state index in [0.29, 0.717) is 18.7 Å². The second-order valence-corrected chi connectivity index (χ2v) is 11.7. The molecule has 0 spiro atoms. The van der Waals surface area contributed by atoms with Gasteiger partial charge in [-0.1, -0.05) is 33.6 Å². The molecule has 0 unspecified atom stereocenters. The second-order valence-electron chi connectivity index (χ2n) is 9.76. The van der Waals surface area contributed by atoms with Crippen LogP contribution >= 0.6 is 0 Å². The number of carbonyl (C=O) groups is 1. The lowest BCUT2D eigenvalue weighted by Crippen LogP contribution is -2.45. The molecule has 1 saturated heterocycles. The Hall–Kier alpha value is -1.60. The van der Waals surface area contributed by atoms with Gasteiger partial charge in [0.2, 0.25) is 10.0 Å². The average Bonchev–Trinajstić information content (AvgIpc) is 2.88. The van der Waals surface area contributed by atoms with E-state index < -0.39 is 15.6 Å². The number of ether oxygens (including phenoxy) is 1. The van der Waals surface area contributed by atoms with Crippen LogP contribution in [0, 0.1) is 5.41 Å². The van der Waals surface area contributed by atoms with Gasteiger partial charge in [0.15, 0.2) is 0 Å². The van der Waals surface area contributed by atoms with Gasteiger partial charge in [-0.3, -0.25) is 4.79 Å². The molecule has 1 aliphatic heterocycles. The molecule has 0 saturated carbocycles. The third-order valence-electron chi connectivity index (χ3n) is 5.03. The van der Waals surface area contributed by atoms with Gasteiger partial charge in [0.25, 0.3) is 5.91 Å². The van der Waals surface area contributed by atoms with Gasteiger partial charge in [-0.15, -0.1) is 0 Å². The molecule has 0 radical (unpaired) electrons. The fourth-order valence-corrected chi connectivity index (χ4v) is 5.89. The summed E-state index contributed by atoms with van der Waals surface area (Å²) in [5.41, 5.74) is -0.0435. The first-order valence-corrected chi connectivity index (χ1v) is 11.8. The number of methoxy groups -OCH3 is 1. The number of hydrogen-bond acceptors (Lipinski definition) is 4. The van der Waals surface area contributed by atoms with E-state index in [4.69, 9.17) is 4.74 Å². The van der Waals surface area contributed by atoms with E-state index in [2.05, 4.69) is 26.1 Å². The third kappa shape index (κ3) is 6.44. The molecule has 0 bridgehead atoms. The van der Waals surface area contributed by atoms with Crippen molar-refractivity contribution in [2.45, 2.75) is 77.2 Å². The lowest BCUT2D eigenvalue weighted by Gasteiger charge is -2.33. The molecule has 1 aromatic carbocycles. The molecular formula is C22H36N2O4S. The van der Waals surface area contributed by atoms with E-state index in [1.807, 2.05) is 13.8 Å². The molecule has 1 fully saturated rings. The molecule has 0 aliphatic carbocycles. The van der Waals surface area contributed by atoms with Gasteiger partial charge < -0.3 is 10.1 Å². The molecule has 1 N–H and O–H groups in total. The van der Waals surface area contributed by atoms with Gasteiger partial charge >= 0.3 is 0 Å². The van der Waals surface area contributed by atoms with Crippen molar-refractivity contribution in [1.82, 2.24) is 9.62 Å². The van der Waals surface area contributed by atoms with Crippen molar-refractivity contribution in [2.24, 2.45) is 5.41 Å². The number of amides is 1. The Kier molecular flexibility index (Phi) is 7.38. The Morgan fingerprint density at radius 2 is 1.66 bits per heavy atom. The molecule has 7 heteroatoms. The summed E-state index contributed by atoms with van der Waals surface area (Å²) in [6.45, 7) is 11.3. The predicted octanol–water partition coefficient (Wildman–Crippen LogP) is 4.20. The number of sulfonamides is 1. The van der Waals surface area contributed by atoms with E-state index in [1.54, 1.807) is 12.1 Å². The van der Waals surface area contributed by atoms with Crippen LogP contribution in [0.15, 0.2) is 23.1 Å². The number of benzene rings is 1. The predicted molar refractivity (Wildman–Crippen MR) is 116 cm³/mol. The lowest BCUT2D eigenvalue weighted by molar-refractivity contribution is 0.0891. The Bertz CT molecular complexity index is 818. The summed E-state index contributed by atoms with van der Waals surface area (Å²) in [7, 11) is -2.28. The maximum Gasteiger partial charge on any atom is 0.251 e. The second kappa shape index (κ2) is 9.04. The fourth-order valence-electron chi connectivity index (χ4n) is 4.19. The SMILES string of the molecule is COc1ccc(C(=O)NC(C)(C)CC(C)(C)C)cc1S(=O)(=O)N1CCCCCC1. The van der Waals surface area contributed by atoms with Crippen molar-refractivity contribution in [3.8, 4) is 5.75 Å². The van der Waals surface area contributed by atoms with E-state index in [1.165, 1.54) is 17.5 Å². The normalized spacial score (nSPS) is 16.9. The first-order chi connectivity index (χ1) is 13.4. The largest absolute Gasteiger partial charge is 0.495 e. The molecule has 1 aliphatic rings. The fraction of sp³-hybridized carbons (Fsp3) is 0.682. The van der Waals surface area contributed by atoms with E-state index in [-0.39, 0.29) is 22.0 Å². The molecule has 0 atom stereocenters. The molecule has 29 heavy (non-hydrogen) atoms. The summed E-state index contributed by atoms with van der Waals surface area (Å²) in [4.78, 5) is 13.0. The number of carbonyl (C=O) groups excluding carboxylic acids is 1. The molecule has 1 aromatic rings. The van der Waals surface area contributed by atoms with Crippen molar-refractivity contribution < 1.29 is 17.9 Å². The van der Waals surface area contributed by atoms with Crippen LogP contribution in [0.25, 0.3) is 0 Å². The van der Waals surface area contributed by atoms with Crippen LogP contribution in [-0.2, 0) is 10.0 Å². The average molecular weight is 425 g/mol. The van der Waals surface area contributed by atoms with Crippen LogP contribution in [0.3, 0.4) is 0 Å². The summed E-state index contributed by atoms with van der Waals surface area (Å²) in [6, 6.07) is 4.63. The third-order valence-corrected chi connectivity index (χ3v) is 6.95. The molecule has 1 amide bonds. The monoisotopic (exact) mass is 424 g/mol. The Morgan fingerprint density at radius 1 is 1.07 bits per heavy atom. The first kappa shape index (κ1) is 23.7. The Labute approximate surface area is 176 Å². The number of nitrogens with zero attached hydrogens (tertiary/aromatic N) is 1. The molecule has 1 heterocycles. The van der Waals surface area contributed by atoms with E-state index >= 15 is 0 Å². The zero-order valence-corrected chi connectivity index (χ0v) is 19.5. The van der Waals surface area contributed by atoms with Gasteiger partial charge in [-0.2, -0.15) is 4.31 Å².